The second-order valence-corrected chi connectivity index (χ2v) is 5.21. The zero-order chi connectivity index (χ0) is 14.0. The van der Waals surface area contributed by atoms with Gasteiger partial charge in [-0.15, -0.1) is 0 Å². The quantitative estimate of drug-likeness (QED) is 0.655. The predicted molar refractivity (Wildman–Crippen MR) is 76.2 cm³/mol. The summed E-state index contributed by atoms with van der Waals surface area (Å²) in [6, 6.07) is 1.79. The molecule has 0 amide bonds. The molecule has 1 unspecified atom stereocenters. The molecular weight excluding hydrogens is 308 g/mol. The van der Waals surface area contributed by atoms with E-state index in [4.69, 9.17) is 5.84 Å². The molecule has 3 N–H and O–H groups in total. The minimum atomic E-state index is -0.0761. The number of halogens is 1. The molecule has 2 heterocycles. The Bertz CT molecular complexity index is 580. The van der Waals surface area contributed by atoms with Crippen molar-refractivity contribution in [1.29, 1.82) is 0 Å². The first-order valence-electron chi connectivity index (χ1n) is 5.96. The number of nitrogens with one attached hydrogen (secondary N) is 1. The van der Waals surface area contributed by atoms with Crippen LogP contribution in [0.25, 0.3) is 0 Å². The van der Waals surface area contributed by atoms with Crippen molar-refractivity contribution >= 4 is 15.9 Å². The smallest absolute Gasteiger partial charge is 0.125 e. The number of hydrogen-bond acceptors (Lipinski definition) is 5. The Morgan fingerprint density at radius 2 is 2.21 bits per heavy atom. The van der Waals surface area contributed by atoms with E-state index >= 15 is 0 Å². The molecule has 0 radical (unpaired) electrons. The van der Waals surface area contributed by atoms with Gasteiger partial charge < -0.3 is 0 Å². The van der Waals surface area contributed by atoms with Crippen LogP contribution in [0.4, 0.5) is 0 Å². The van der Waals surface area contributed by atoms with Gasteiger partial charge in [-0.05, 0) is 35.8 Å². The van der Waals surface area contributed by atoms with Crippen molar-refractivity contribution in [2.24, 2.45) is 12.9 Å². The molecule has 1 atom stereocenters. The van der Waals surface area contributed by atoms with Gasteiger partial charge in [-0.25, -0.2) is 9.97 Å². The van der Waals surface area contributed by atoms with Crippen LogP contribution < -0.4 is 11.3 Å². The lowest BCUT2D eigenvalue weighted by atomic mass is 10.1. The summed E-state index contributed by atoms with van der Waals surface area (Å²) in [6.45, 7) is 3.83. The molecule has 0 saturated heterocycles. The molecule has 0 bridgehead atoms. The second kappa shape index (κ2) is 5.77. The minimum Gasteiger partial charge on any atom is -0.271 e. The Morgan fingerprint density at radius 3 is 2.74 bits per heavy atom. The number of rotatable bonds is 4. The van der Waals surface area contributed by atoms with Crippen molar-refractivity contribution < 1.29 is 0 Å². The van der Waals surface area contributed by atoms with Gasteiger partial charge >= 0.3 is 0 Å². The molecule has 0 fully saturated rings. The van der Waals surface area contributed by atoms with E-state index in [0.29, 0.717) is 6.42 Å². The first-order valence-corrected chi connectivity index (χ1v) is 6.76. The summed E-state index contributed by atoms with van der Waals surface area (Å²) in [5.41, 5.74) is 5.73. The lowest BCUT2D eigenvalue weighted by molar-refractivity contribution is 0.515. The van der Waals surface area contributed by atoms with Crippen molar-refractivity contribution in [3.8, 4) is 0 Å². The molecule has 2 rings (SSSR count). The maximum atomic E-state index is 5.65. The van der Waals surface area contributed by atoms with Crippen LogP contribution in [0, 0.1) is 13.8 Å². The maximum absolute atomic E-state index is 5.65. The van der Waals surface area contributed by atoms with Crippen LogP contribution >= 0.6 is 15.9 Å². The van der Waals surface area contributed by atoms with Gasteiger partial charge in [-0.3, -0.25) is 16.0 Å². The van der Waals surface area contributed by atoms with Gasteiger partial charge in [-0.1, -0.05) is 0 Å². The predicted octanol–water partition coefficient (Wildman–Crippen LogP) is 1.34. The van der Waals surface area contributed by atoms with Crippen LogP contribution in [0.3, 0.4) is 0 Å². The Kier molecular flexibility index (Phi) is 4.28. The zero-order valence-electron chi connectivity index (χ0n) is 11.2. The van der Waals surface area contributed by atoms with Gasteiger partial charge in [0.15, 0.2) is 0 Å². The van der Waals surface area contributed by atoms with Crippen molar-refractivity contribution in [3.63, 3.8) is 0 Å². The fourth-order valence-electron chi connectivity index (χ4n) is 2.01. The number of hydrogen-bond donors (Lipinski definition) is 2. The van der Waals surface area contributed by atoms with Gasteiger partial charge in [0.2, 0.25) is 0 Å². The SMILES string of the molecule is Cc1nccc(C(Cc2c(Br)c(C)nn2C)NN)n1. The molecule has 0 aromatic carbocycles. The first-order chi connectivity index (χ1) is 9.02. The van der Waals surface area contributed by atoms with E-state index in [1.165, 1.54) is 0 Å². The standard InChI is InChI=1S/C12H17BrN6/c1-7-12(13)11(19(3)18-7)6-10(17-14)9-4-5-15-8(2)16-9/h4-5,10,17H,6,14H2,1-3H3. The van der Waals surface area contributed by atoms with Gasteiger partial charge in [0, 0.05) is 19.7 Å². The molecule has 7 heteroatoms. The Hall–Kier alpha value is -1.31. The molecule has 0 aliphatic heterocycles. The van der Waals surface area contributed by atoms with E-state index in [2.05, 4.69) is 36.4 Å². The van der Waals surface area contributed by atoms with Crippen LogP contribution in [-0.2, 0) is 13.5 Å². The van der Waals surface area contributed by atoms with E-state index in [9.17, 15) is 0 Å². The van der Waals surface area contributed by atoms with Crippen LogP contribution in [0.2, 0.25) is 0 Å². The normalized spacial score (nSPS) is 12.7. The summed E-state index contributed by atoms with van der Waals surface area (Å²) in [5.74, 6) is 6.39. The Morgan fingerprint density at radius 1 is 1.47 bits per heavy atom. The summed E-state index contributed by atoms with van der Waals surface area (Å²) in [4.78, 5) is 8.50. The number of nitrogens with two attached hydrogens (primary N) is 1. The molecule has 19 heavy (non-hydrogen) atoms. The van der Waals surface area contributed by atoms with Crippen LogP contribution in [-0.4, -0.2) is 19.7 Å². The van der Waals surface area contributed by atoms with E-state index < -0.39 is 0 Å². The Balaban J connectivity index is 2.29. The van der Waals surface area contributed by atoms with Crippen molar-refractivity contribution in [2.45, 2.75) is 26.3 Å². The fraction of sp³-hybridized carbons (Fsp3) is 0.417. The van der Waals surface area contributed by atoms with Crippen LogP contribution in [0.5, 0.6) is 0 Å². The summed E-state index contributed by atoms with van der Waals surface area (Å²) in [5, 5.41) is 4.38. The van der Waals surface area contributed by atoms with E-state index in [1.807, 2.05) is 31.6 Å². The highest BCUT2D eigenvalue weighted by molar-refractivity contribution is 9.10. The Labute approximate surface area is 120 Å². The summed E-state index contributed by atoms with van der Waals surface area (Å²) in [6.07, 6.45) is 2.44. The minimum absolute atomic E-state index is 0.0761. The average molecular weight is 325 g/mol. The monoisotopic (exact) mass is 324 g/mol. The summed E-state index contributed by atoms with van der Waals surface area (Å²) >= 11 is 3.56. The summed E-state index contributed by atoms with van der Waals surface area (Å²) < 4.78 is 2.87. The fourth-order valence-corrected chi connectivity index (χ4v) is 2.51. The van der Waals surface area contributed by atoms with E-state index in [0.717, 1.165) is 27.4 Å². The molecule has 102 valence electrons. The first kappa shape index (κ1) is 14.1. The molecule has 0 saturated carbocycles. The zero-order valence-corrected chi connectivity index (χ0v) is 12.8. The highest BCUT2D eigenvalue weighted by Gasteiger charge is 2.18. The van der Waals surface area contributed by atoms with Crippen molar-refractivity contribution in [3.05, 3.63) is 39.6 Å². The largest absolute Gasteiger partial charge is 0.271 e. The molecule has 0 aliphatic carbocycles. The average Bonchev–Trinajstić information content (AvgIpc) is 2.61. The highest BCUT2D eigenvalue weighted by Crippen LogP contribution is 2.25. The number of aromatic nitrogens is 4. The van der Waals surface area contributed by atoms with Gasteiger partial charge in [0.05, 0.1) is 27.6 Å². The third kappa shape index (κ3) is 2.99. The third-order valence-corrected chi connectivity index (χ3v) is 4.05. The second-order valence-electron chi connectivity index (χ2n) is 4.42. The lowest BCUT2D eigenvalue weighted by Crippen LogP contribution is -2.31. The van der Waals surface area contributed by atoms with Crippen molar-refractivity contribution in [2.75, 3.05) is 0 Å². The highest BCUT2D eigenvalue weighted by atomic mass is 79.9. The maximum Gasteiger partial charge on any atom is 0.125 e. The molecule has 2 aromatic heterocycles. The number of aryl methyl sites for hydroxylation is 3. The molecule has 6 nitrogen and oxygen atoms in total. The molecular formula is C12H17BrN6. The van der Waals surface area contributed by atoms with Gasteiger partial charge in [0.1, 0.15) is 5.82 Å². The van der Waals surface area contributed by atoms with Crippen molar-refractivity contribution in [1.82, 2.24) is 25.2 Å². The van der Waals surface area contributed by atoms with Gasteiger partial charge in [-0.2, -0.15) is 5.10 Å². The van der Waals surface area contributed by atoms with Crippen LogP contribution in [0.15, 0.2) is 16.7 Å². The third-order valence-electron chi connectivity index (χ3n) is 3.01. The van der Waals surface area contributed by atoms with Gasteiger partial charge in [0.25, 0.3) is 0 Å². The van der Waals surface area contributed by atoms with Crippen LogP contribution in [0.1, 0.15) is 28.9 Å². The summed E-state index contributed by atoms with van der Waals surface area (Å²) in [7, 11) is 1.92. The van der Waals surface area contributed by atoms with E-state index in [-0.39, 0.29) is 6.04 Å². The molecule has 2 aromatic rings. The topological polar surface area (TPSA) is 81.7 Å². The number of hydrazine groups is 1. The molecule has 0 aliphatic rings. The molecule has 0 spiro atoms. The lowest BCUT2D eigenvalue weighted by Gasteiger charge is -2.16. The number of nitrogens with zero attached hydrogens (tertiary/aromatic N) is 4. The van der Waals surface area contributed by atoms with E-state index in [1.54, 1.807) is 6.20 Å².